The van der Waals surface area contributed by atoms with E-state index in [-0.39, 0.29) is 24.5 Å². The van der Waals surface area contributed by atoms with E-state index in [0.717, 1.165) is 18.7 Å². The van der Waals surface area contributed by atoms with Crippen LogP contribution in [0.4, 0.5) is 0 Å². The van der Waals surface area contributed by atoms with Gasteiger partial charge in [-0.2, -0.15) is 0 Å². The number of rotatable bonds is 4. The van der Waals surface area contributed by atoms with Gasteiger partial charge in [-0.05, 0) is 17.7 Å². The van der Waals surface area contributed by atoms with Crippen LogP contribution in [0.1, 0.15) is 5.56 Å². The van der Waals surface area contributed by atoms with Crippen molar-refractivity contribution in [2.24, 2.45) is 0 Å². The van der Waals surface area contributed by atoms with Crippen LogP contribution in [0.15, 0.2) is 24.5 Å². The molecule has 3 fully saturated rings. The number of ether oxygens (including phenoxy) is 3. The molecule has 3 aliphatic rings. The van der Waals surface area contributed by atoms with Gasteiger partial charge < -0.3 is 24.6 Å². The van der Waals surface area contributed by atoms with Gasteiger partial charge in [0.1, 0.15) is 6.10 Å². The lowest BCUT2D eigenvalue weighted by molar-refractivity contribution is -0.191. The minimum absolute atomic E-state index is 0.103. The molecule has 0 spiro atoms. The molecular weight excluding hydrogens is 298 g/mol. The van der Waals surface area contributed by atoms with E-state index in [1.807, 2.05) is 12.1 Å². The highest BCUT2D eigenvalue weighted by molar-refractivity contribution is 5.10. The Balaban J connectivity index is 1.45. The lowest BCUT2D eigenvalue weighted by Gasteiger charge is -2.45. The minimum atomic E-state index is -0.527. The van der Waals surface area contributed by atoms with Crippen molar-refractivity contribution in [1.82, 2.24) is 15.2 Å². The fourth-order valence-corrected chi connectivity index (χ4v) is 3.65. The molecule has 3 saturated heterocycles. The Bertz CT molecular complexity index is 511. The monoisotopic (exact) mass is 321 g/mol. The molecule has 126 valence electrons. The lowest BCUT2D eigenvalue weighted by Crippen LogP contribution is -2.65. The van der Waals surface area contributed by atoms with Crippen LogP contribution in [0.5, 0.6) is 0 Å². The van der Waals surface area contributed by atoms with Gasteiger partial charge in [0.25, 0.3) is 0 Å². The third-order valence-corrected chi connectivity index (χ3v) is 4.89. The van der Waals surface area contributed by atoms with Gasteiger partial charge >= 0.3 is 0 Å². The maximum Gasteiger partial charge on any atom is 0.176 e. The summed E-state index contributed by atoms with van der Waals surface area (Å²) in [5.41, 5.74) is 1.14. The first kappa shape index (κ1) is 15.4. The van der Waals surface area contributed by atoms with Gasteiger partial charge in [-0.1, -0.05) is 0 Å². The first-order valence-electron chi connectivity index (χ1n) is 8.22. The van der Waals surface area contributed by atoms with E-state index in [1.54, 1.807) is 12.4 Å². The quantitative estimate of drug-likeness (QED) is 0.764. The standard InChI is InChI=1S/C16H23N3O4/c20-15-13(18-9-11-1-3-17-4-2-11)12-10-22-16(23-12)14(15)19-5-7-21-8-6-19/h1-4,12-16,18,20H,5-10H2/t12-,13-,14-,15+,16-/m1/s1. The summed E-state index contributed by atoms with van der Waals surface area (Å²) in [5.74, 6) is 0. The summed E-state index contributed by atoms with van der Waals surface area (Å²) in [6, 6.07) is 3.65. The Labute approximate surface area is 135 Å². The zero-order valence-electron chi connectivity index (χ0n) is 13.0. The molecule has 0 aliphatic carbocycles. The number of pyridine rings is 1. The molecule has 0 amide bonds. The molecule has 0 aromatic carbocycles. The van der Waals surface area contributed by atoms with E-state index in [0.29, 0.717) is 26.4 Å². The summed E-state index contributed by atoms with van der Waals surface area (Å²) in [6.07, 6.45) is 2.58. The second-order valence-corrected chi connectivity index (χ2v) is 6.27. The van der Waals surface area contributed by atoms with E-state index < -0.39 is 6.10 Å². The van der Waals surface area contributed by atoms with Gasteiger partial charge in [0, 0.05) is 32.0 Å². The number of hydrogen-bond acceptors (Lipinski definition) is 7. The number of morpholine rings is 1. The third kappa shape index (κ3) is 3.13. The predicted molar refractivity (Wildman–Crippen MR) is 81.7 cm³/mol. The molecular formula is C16H23N3O4. The number of fused-ring (bicyclic) bond motifs is 2. The number of aliphatic hydroxyl groups is 1. The fraction of sp³-hybridized carbons (Fsp3) is 0.688. The van der Waals surface area contributed by atoms with Crippen molar-refractivity contribution in [2.45, 2.75) is 37.1 Å². The van der Waals surface area contributed by atoms with Crippen LogP contribution in [0.2, 0.25) is 0 Å². The SMILES string of the molecule is O[C@H]1[C@H](NCc2ccncc2)[C@H]2CO[C@H](O2)[C@@H]1N1CCOCC1. The molecule has 4 heterocycles. The second kappa shape index (κ2) is 6.80. The van der Waals surface area contributed by atoms with E-state index >= 15 is 0 Å². The van der Waals surface area contributed by atoms with Crippen molar-refractivity contribution < 1.29 is 19.3 Å². The number of nitrogens with zero attached hydrogens (tertiary/aromatic N) is 2. The Morgan fingerprint density at radius 2 is 2.04 bits per heavy atom. The van der Waals surface area contributed by atoms with Gasteiger partial charge in [0.05, 0.1) is 38.0 Å². The summed E-state index contributed by atoms with van der Waals surface area (Å²) in [7, 11) is 0. The molecule has 4 rings (SSSR count). The van der Waals surface area contributed by atoms with Gasteiger partial charge in [0.2, 0.25) is 0 Å². The molecule has 1 aromatic rings. The van der Waals surface area contributed by atoms with Crippen LogP contribution < -0.4 is 5.32 Å². The molecule has 23 heavy (non-hydrogen) atoms. The smallest absolute Gasteiger partial charge is 0.176 e. The zero-order chi connectivity index (χ0) is 15.6. The summed E-state index contributed by atoms with van der Waals surface area (Å²) < 4.78 is 17.2. The largest absolute Gasteiger partial charge is 0.390 e. The third-order valence-electron chi connectivity index (χ3n) is 4.89. The topological polar surface area (TPSA) is 76.1 Å². The van der Waals surface area contributed by atoms with Crippen LogP contribution in [0.3, 0.4) is 0 Å². The molecule has 1 aromatic heterocycles. The second-order valence-electron chi connectivity index (χ2n) is 6.27. The molecule has 2 N–H and O–H groups in total. The van der Waals surface area contributed by atoms with Crippen molar-refractivity contribution in [3.05, 3.63) is 30.1 Å². The summed E-state index contributed by atoms with van der Waals surface area (Å²) in [6.45, 7) is 4.17. The predicted octanol–water partition coefficient (Wildman–Crippen LogP) is -0.643. The van der Waals surface area contributed by atoms with E-state index in [1.165, 1.54) is 0 Å². The molecule has 5 atom stereocenters. The highest BCUT2D eigenvalue weighted by Gasteiger charge is 2.51. The van der Waals surface area contributed by atoms with Crippen LogP contribution >= 0.6 is 0 Å². The highest BCUT2D eigenvalue weighted by atomic mass is 16.7. The van der Waals surface area contributed by atoms with Gasteiger partial charge in [-0.3, -0.25) is 9.88 Å². The molecule has 2 bridgehead atoms. The molecule has 0 radical (unpaired) electrons. The van der Waals surface area contributed by atoms with Crippen molar-refractivity contribution in [1.29, 1.82) is 0 Å². The average Bonchev–Trinajstić information content (AvgIpc) is 3.02. The Morgan fingerprint density at radius 1 is 1.26 bits per heavy atom. The van der Waals surface area contributed by atoms with Gasteiger partial charge in [-0.15, -0.1) is 0 Å². The Hall–Kier alpha value is -1.09. The molecule has 3 aliphatic heterocycles. The van der Waals surface area contributed by atoms with E-state index in [4.69, 9.17) is 14.2 Å². The van der Waals surface area contributed by atoms with Crippen molar-refractivity contribution >= 4 is 0 Å². The zero-order valence-corrected chi connectivity index (χ0v) is 13.0. The normalized spacial score (nSPS) is 37.9. The van der Waals surface area contributed by atoms with Crippen molar-refractivity contribution in [2.75, 3.05) is 32.9 Å². The first-order valence-corrected chi connectivity index (χ1v) is 8.22. The number of hydrogen-bond donors (Lipinski definition) is 2. The summed E-state index contributed by atoms with van der Waals surface area (Å²) in [4.78, 5) is 6.25. The summed E-state index contributed by atoms with van der Waals surface area (Å²) >= 11 is 0. The van der Waals surface area contributed by atoms with E-state index in [2.05, 4.69) is 15.2 Å². The fourth-order valence-electron chi connectivity index (χ4n) is 3.65. The van der Waals surface area contributed by atoms with Crippen molar-refractivity contribution in [3.63, 3.8) is 0 Å². The minimum Gasteiger partial charge on any atom is -0.390 e. The van der Waals surface area contributed by atoms with Crippen LogP contribution in [0.25, 0.3) is 0 Å². The number of aromatic nitrogens is 1. The maximum atomic E-state index is 10.9. The van der Waals surface area contributed by atoms with Gasteiger partial charge in [-0.25, -0.2) is 0 Å². The molecule has 7 heteroatoms. The first-order chi connectivity index (χ1) is 11.3. The van der Waals surface area contributed by atoms with E-state index in [9.17, 15) is 5.11 Å². The molecule has 7 nitrogen and oxygen atoms in total. The van der Waals surface area contributed by atoms with Gasteiger partial charge in [0.15, 0.2) is 6.29 Å². The average molecular weight is 321 g/mol. The van der Waals surface area contributed by atoms with Crippen LogP contribution in [0, 0.1) is 0 Å². The summed E-state index contributed by atoms with van der Waals surface area (Å²) in [5, 5.41) is 14.4. The van der Waals surface area contributed by atoms with Crippen LogP contribution in [-0.4, -0.2) is 78.5 Å². The Morgan fingerprint density at radius 3 is 2.83 bits per heavy atom. The van der Waals surface area contributed by atoms with Crippen molar-refractivity contribution in [3.8, 4) is 0 Å². The molecule has 0 saturated carbocycles. The van der Waals surface area contributed by atoms with Crippen LogP contribution in [-0.2, 0) is 20.8 Å². The Kier molecular flexibility index (Phi) is 4.57. The lowest BCUT2D eigenvalue weighted by atomic mass is 9.94. The highest BCUT2D eigenvalue weighted by Crippen LogP contribution is 2.31. The maximum absolute atomic E-state index is 10.9. The number of aliphatic hydroxyl groups excluding tert-OH is 1. The molecule has 0 unspecified atom stereocenters. The number of nitrogens with one attached hydrogen (secondary N) is 1.